The van der Waals surface area contributed by atoms with E-state index < -0.39 is 10.0 Å². The number of nitrogens with zero attached hydrogens (tertiary/aromatic N) is 3. The molecule has 0 atom stereocenters. The van der Waals surface area contributed by atoms with Gasteiger partial charge in [0.1, 0.15) is 6.61 Å². The number of aromatic amines is 1. The SMILES string of the molecule is COCC(=O)N1CCN(S(=O)(=O)c2ccn[nH]2)CC1. The van der Waals surface area contributed by atoms with Gasteiger partial charge in [-0.1, -0.05) is 0 Å². The van der Waals surface area contributed by atoms with Gasteiger partial charge in [0.2, 0.25) is 5.91 Å². The van der Waals surface area contributed by atoms with Crippen molar-refractivity contribution >= 4 is 15.9 Å². The Morgan fingerprint density at radius 1 is 1.42 bits per heavy atom. The van der Waals surface area contributed by atoms with Crippen LogP contribution in [0.3, 0.4) is 0 Å². The van der Waals surface area contributed by atoms with E-state index in [1.165, 1.54) is 23.7 Å². The van der Waals surface area contributed by atoms with Crippen LogP contribution in [-0.2, 0) is 19.6 Å². The molecule has 0 aromatic carbocycles. The van der Waals surface area contributed by atoms with Gasteiger partial charge in [-0.05, 0) is 6.07 Å². The summed E-state index contributed by atoms with van der Waals surface area (Å²) in [4.78, 5) is 13.2. The lowest BCUT2D eigenvalue weighted by molar-refractivity contribution is -0.136. The Kier molecular flexibility index (Phi) is 4.17. The lowest BCUT2D eigenvalue weighted by Crippen LogP contribution is -2.51. The molecule has 1 aromatic heterocycles. The molecule has 1 aliphatic rings. The number of sulfonamides is 1. The third-order valence-corrected chi connectivity index (χ3v) is 4.78. The van der Waals surface area contributed by atoms with Crippen LogP contribution in [-0.4, -0.2) is 73.6 Å². The highest BCUT2D eigenvalue weighted by atomic mass is 32.2. The third kappa shape index (κ3) is 2.94. The van der Waals surface area contributed by atoms with E-state index in [0.717, 1.165) is 0 Å². The molecule has 0 aliphatic carbocycles. The molecule has 19 heavy (non-hydrogen) atoms. The first-order valence-electron chi connectivity index (χ1n) is 5.82. The zero-order chi connectivity index (χ0) is 13.9. The number of hydrogen-bond donors (Lipinski definition) is 1. The van der Waals surface area contributed by atoms with Crippen molar-refractivity contribution in [1.29, 1.82) is 0 Å². The number of amides is 1. The molecular weight excluding hydrogens is 272 g/mol. The van der Waals surface area contributed by atoms with Gasteiger partial charge >= 0.3 is 0 Å². The molecule has 0 radical (unpaired) electrons. The largest absolute Gasteiger partial charge is 0.375 e. The second-order valence-corrected chi connectivity index (χ2v) is 6.05. The molecule has 1 saturated heterocycles. The smallest absolute Gasteiger partial charge is 0.260 e. The van der Waals surface area contributed by atoms with Crippen molar-refractivity contribution < 1.29 is 17.9 Å². The van der Waals surface area contributed by atoms with Gasteiger partial charge < -0.3 is 9.64 Å². The van der Waals surface area contributed by atoms with E-state index in [1.54, 1.807) is 4.90 Å². The van der Waals surface area contributed by atoms with E-state index in [-0.39, 0.29) is 30.6 Å². The Balaban J connectivity index is 1.99. The molecule has 1 aromatic rings. The Hall–Kier alpha value is -1.45. The minimum Gasteiger partial charge on any atom is -0.375 e. The number of piperazine rings is 1. The molecule has 0 spiro atoms. The van der Waals surface area contributed by atoms with Crippen LogP contribution in [0.2, 0.25) is 0 Å². The zero-order valence-electron chi connectivity index (χ0n) is 10.6. The van der Waals surface area contributed by atoms with Crippen LogP contribution < -0.4 is 0 Å². The van der Waals surface area contributed by atoms with Gasteiger partial charge in [-0.2, -0.15) is 9.40 Å². The van der Waals surface area contributed by atoms with E-state index in [1.807, 2.05) is 0 Å². The Morgan fingerprint density at radius 3 is 2.63 bits per heavy atom. The fraction of sp³-hybridized carbons (Fsp3) is 0.600. The average molecular weight is 288 g/mol. The second kappa shape index (κ2) is 5.68. The average Bonchev–Trinajstić information content (AvgIpc) is 2.94. The number of carbonyl (C=O) groups is 1. The van der Waals surface area contributed by atoms with Crippen molar-refractivity contribution in [1.82, 2.24) is 19.4 Å². The fourth-order valence-corrected chi connectivity index (χ4v) is 3.24. The third-order valence-electron chi connectivity index (χ3n) is 2.95. The summed E-state index contributed by atoms with van der Waals surface area (Å²) in [5.41, 5.74) is 0. The highest BCUT2D eigenvalue weighted by Crippen LogP contribution is 2.14. The van der Waals surface area contributed by atoms with E-state index in [9.17, 15) is 13.2 Å². The lowest BCUT2D eigenvalue weighted by atomic mass is 10.3. The van der Waals surface area contributed by atoms with E-state index in [2.05, 4.69) is 10.2 Å². The molecule has 0 saturated carbocycles. The second-order valence-electron chi connectivity index (χ2n) is 4.14. The van der Waals surface area contributed by atoms with E-state index in [4.69, 9.17) is 4.74 Å². The number of ether oxygens (including phenoxy) is 1. The number of H-pyrrole nitrogens is 1. The van der Waals surface area contributed by atoms with E-state index in [0.29, 0.717) is 13.1 Å². The molecule has 0 bridgehead atoms. The molecule has 1 fully saturated rings. The molecule has 1 aliphatic heterocycles. The van der Waals surface area contributed by atoms with Crippen molar-refractivity contribution in [2.75, 3.05) is 39.9 Å². The summed E-state index contributed by atoms with van der Waals surface area (Å²) < 4.78 is 30.5. The first-order valence-corrected chi connectivity index (χ1v) is 7.26. The summed E-state index contributed by atoms with van der Waals surface area (Å²) in [7, 11) is -2.08. The minimum absolute atomic E-state index is 0.0211. The maximum Gasteiger partial charge on any atom is 0.260 e. The summed E-state index contributed by atoms with van der Waals surface area (Å²) in [6, 6.07) is 1.41. The Morgan fingerprint density at radius 2 is 2.11 bits per heavy atom. The molecule has 2 rings (SSSR count). The highest BCUT2D eigenvalue weighted by molar-refractivity contribution is 7.89. The normalized spacial score (nSPS) is 17.6. The molecule has 9 heteroatoms. The van der Waals surface area contributed by atoms with Crippen LogP contribution in [0.25, 0.3) is 0 Å². The van der Waals surface area contributed by atoms with Crippen LogP contribution in [0.1, 0.15) is 0 Å². The maximum absolute atomic E-state index is 12.2. The number of aromatic nitrogens is 2. The van der Waals surface area contributed by atoms with Crippen LogP contribution in [0.15, 0.2) is 17.3 Å². The van der Waals surface area contributed by atoms with Crippen LogP contribution in [0, 0.1) is 0 Å². The molecule has 2 heterocycles. The standard InChI is InChI=1S/C10H16N4O4S/c1-18-8-10(15)13-4-6-14(7-5-13)19(16,17)9-2-3-11-12-9/h2-3H,4-8H2,1H3,(H,11,12). The number of methoxy groups -OCH3 is 1. The van der Waals surface area contributed by atoms with Gasteiger partial charge in [0.25, 0.3) is 10.0 Å². The zero-order valence-corrected chi connectivity index (χ0v) is 11.4. The molecular formula is C10H16N4O4S. The van der Waals surface area contributed by atoms with Crippen molar-refractivity contribution in [2.24, 2.45) is 0 Å². The highest BCUT2D eigenvalue weighted by Gasteiger charge is 2.30. The predicted molar refractivity (Wildman–Crippen MR) is 65.8 cm³/mol. The minimum atomic E-state index is -3.53. The van der Waals surface area contributed by atoms with Crippen LogP contribution >= 0.6 is 0 Å². The van der Waals surface area contributed by atoms with E-state index >= 15 is 0 Å². The van der Waals surface area contributed by atoms with Gasteiger partial charge in [0.15, 0.2) is 5.03 Å². The van der Waals surface area contributed by atoms with Gasteiger partial charge in [-0.25, -0.2) is 8.42 Å². The predicted octanol–water partition coefficient (Wildman–Crippen LogP) is -1.11. The Labute approximate surface area is 111 Å². The number of nitrogens with one attached hydrogen (secondary N) is 1. The van der Waals surface area contributed by atoms with Gasteiger partial charge in [0, 0.05) is 33.3 Å². The summed E-state index contributed by atoms with van der Waals surface area (Å²) in [6.07, 6.45) is 1.39. The van der Waals surface area contributed by atoms with Gasteiger partial charge in [-0.15, -0.1) is 0 Å². The maximum atomic E-state index is 12.2. The van der Waals surface area contributed by atoms with Crippen molar-refractivity contribution in [3.63, 3.8) is 0 Å². The number of hydrogen-bond acceptors (Lipinski definition) is 5. The fourth-order valence-electron chi connectivity index (χ4n) is 1.92. The molecule has 1 amide bonds. The summed E-state index contributed by atoms with van der Waals surface area (Å²) in [5.74, 6) is -0.124. The monoisotopic (exact) mass is 288 g/mol. The summed E-state index contributed by atoms with van der Waals surface area (Å²) in [5, 5.41) is 6.16. The quantitative estimate of drug-likeness (QED) is 0.758. The number of rotatable bonds is 4. The molecule has 8 nitrogen and oxygen atoms in total. The first kappa shape index (κ1) is 14.0. The Bertz CT molecular complexity index is 520. The van der Waals surface area contributed by atoms with Gasteiger partial charge in [-0.3, -0.25) is 9.89 Å². The molecule has 0 unspecified atom stereocenters. The van der Waals surface area contributed by atoms with Crippen LogP contribution in [0.5, 0.6) is 0 Å². The van der Waals surface area contributed by atoms with Crippen molar-refractivity contribution in [3.8, 4) is 0 Å². The van der Waals surface area contributed by atoms with Crippen LogP contribution in [0.4, 0.5) is 0 Å². The van der Waals surface area contributed by atoms with Gasteiger partial charge in [0.05, 0.1) is 6.20 Å². The topological polar surface area (TPSA) is 95.6 Å². The lowest BCUT2D eigenvalue weighted by Gasteiger charge is -2.33. The van der Waals surface area contributed by atoms with Crippen molar-refractivity contribution in [3.05, 3.63) is 12.3 Å². The summed E-state index contributed by atoms with van der Waals surface area (Å²) in [6.45, 7) is 1.31. The molecule has 106 valence electrons. The van der Waals surface area contributed by atoms with Crippen molar-refractivity contribution in [2.45, 2.75) is 5.03 Å². The number of carbonyl (C=O) groups excluding carboxylic acids is 1. The molecule has 1 N–H and O–H groups in total. The summed E-state index contributed by atoms with van der Waals surface area (Å²) >= 11 is 0. The first-order chi connectivity index (χ1) is 9.05.